The Balaban J connectivity index is 1.80. The minimum atomic E-state index is -3.11. The molecule has 0 bridgehead atoms. The van der Waals surface area contributed by atoms with Crippen LogP contribution in [0.3, 0.4) is 0 Å². The first kappa shape index (κ1) is 12.8. The smallest absolute Gasteiger partial charge is 0.223 e. The number of hydrogen-bond acceptors (Lipinski definition) is 4. The van der Waals surface area contributed by atoms with Crippen molar-refractivity contribution in [2.45, 2.75) is 6.42 Å². The average Bonchev–Trinajstić information content (AvgIpc) is 2.22. The lowest BCUT2D eigenvalue weighted by atomic mass is 9.98. The van der Waals surface area contributed by atoms with Crippen LogP contribution in [0.5, 0.6) is 0 Å². The van der Waals surface area contributed by atoms with Crippen LogP contribution >= 0.6 is 0 Å². The zero-order chi connectivity index (χ0) is 12.5. The number of amides is 1. The van der Waals surface area contributed by atoms with Crippen LogP contribution in [0.4, 0.5) is 0 Å². The second-order valence-electron chi connectivity index (χ2n) is 4.77. The maximum atomic E-state index is 11.9. The molecule has 0 unspecified atom stereocenters. The van der Waals surface area contributed by atoms with E-state index in [1.807, 2.05) is 0 Å². The fourth-order valence-corrected chi connectivity index (χ4v) is 2.96. The van der Waals surface area contributed by atoms with E-state index in [0.29, 0.717) is 38.5 Å². The highest BCUT2D eigenvalue weighted by molar-refractivity contribution is 7.88. The van der Waals surface area contributed by atoms with Crippen molar-refractivity contribution in [2.24, 2.45) is 5.92 Å². The Hall–Kier alpha value is -0.660. The van der Waals surface area contributed by atoms with Gasteiger partial charge in [0.15, 0.2) is 0 Å². The van der Waals surface area contributed by atoms with E-state index < -0.39 is 10.0 Å². The van der Waals surface area contributed by atoms with Crippen LogP contribution in [0.1, 0.15) is 6.42 Å². The van der Waals surface area contributed by atoms with Gasteiger partial charge in [0.25, 0.3) is 0 Å². The third kappa shape index (κ3) is 3.17. The summed E-state index contributed by atoms with van der Waals surface area (Å²) in [7, 11) is -3.11. The Labute approximate surface area is 102 Å². The van der Waals surface area contributed by atoms with Crippen LogP contribution in [0.15, 0.2) is 0 Å². The molecule has 98 valence electrons. The molecule has 2 aliphatic heterocycles. The molecule has 0 aromatic carbocycles. The first-order valence-corrected chi connectivity index (χ1v) is 7.75. The van der Waals surface area contributed by atoms with Crippen molar-refractivity contribution in [3.8, 4) is 0 Å². The molecule has 0 saturated carbocycles. The first-order chi connectivity index (χ1) is 7.97. The summed E-state index contributed by atoms with van der Waals surface area (Å²) in [4.78, 5) is 13.7. The standard InChI is InChI=1S/C10H19N3O3S/c1-17(15,16)13-4-2-12(3-5-13)10(14)6-9-7-11-8-9/h9,11H,2-8H2,1H3. The third-order valence-electron chi connectivity index (χ3n) is 3.39. The lowest BCUT2D eigenvalue weighted by molar-refractivity contribution is -0.133. The number of nitrogens with one attached hydrogen (secondary N) is 1. The van der Waals surface area contributed by atoms with Crippen molar-refractivity contribution in [1.82, 2.24) is 14.5 Å². The molecule has 0 spiro atoms. The molecule has 0 aromatic heterocycles. The predicted octanol–water partition coefficient (Wildman–Crippen LogP) is -1.30. The highest BCUT2D eigenvalue weighted by Crippen LogP contribution is 2.13. The van der Waals surface area contributed by atoms with Gasteiger partial charge in [0, 0.05) is 32.6 Å². The van der Waals surface area contributed by atoms with Crippen molar-refractivity contribution in [3.63, 3.8) is 0 Å². The number of hydrogen-bond donors (Lipinski definition) is 1. The lowest BCUT2D eigenvalue weighted by Crippen LogP contribution is -2.52. The van der Waals surface area contributed by atoms with Crippen molar-refractivity contribution in [2.75, 3.05) is 45.5 Å². The van der Waals surface area contributed by atoms with Crippen LogP contribution in [-0.4, -0.2) is 69.1 Å². The summed E-state index contributed by atoms with van der Waals surface area (Å²) < 4.78 is 24.1. The molecular weight excluding hydrogens is 242 g/mol. The number of nitrogens with zero attached hydrogens (tertiary/aromatic N) is 2. The molecule has 0 radical (unpaired) electrons. The van der Waals surface area contributed by atoms with Gasteiger partial charge in [0.2, 0.25) is 15.9 Å². The van der Waals surface area contributed by atoms with E-state index in [1.54, 1.807) is 4.90 Å². The van der Waals surface area contributed by atoms with Gasteiger partial charge in [-0.2, -0.15) is 4.31 Å². The summed E-state index contributed by atoms with van der Waals surface area (Å²) in [5.74, 6) is 0.625. The van der Waals surface area contributed by atoms with Crippen LogP contribution in [0, 0.1) is 5.92 Å². The van der Waals surface area contributed by atoms with Crippen molar-refractivity contribution in [3.05, 3.63) is 0 Å². The number of carbonyl (C=O) groups excluding carboxylic acids is 1. The van der Waals surface area contributed by atoms with E-state index in [0.717, 1.165) is 13.1 Å². The molecule has 2 fully saturated rings. The van der Waals surface area contributed by atoms with E-state index in [-0.39, 0.29) is 5.91 Å². The average molecular weight is 261 g/mol. The van der Waals surface area contributed by atoms with E-state index >= 15 is 0 Å². The molecule has 17 heavy (non-hydrogen) atoms. The Morgan fingerprint density at radius 3 is 2.24 bits per heavy atom. The molecule has 1 amide bonds. The SMILES string of the molecule is CS(=O)(=O)N1CCN(C(=O)CC2CNC2)CC1. The molecular formula is C10H19N3O3S. The first-order valence-electron chi connectivity index (χ1n) is 5.90. The Kier molecular flexibility index (Phi) is 3.70. The highest BCUT2D eigenvalue weighted by atomic mass is 32.2. The largest absolute Gasteiger partial charge is 0.340 e. The van der Waals surface area contributed by atoms with Gasteiger partial charge in [-0.05, 0) is 19.0 Å². The summed E-state index contributed by atoms with van der Waals surface area (Å²) in [6.45, 7) is 3.74. The molecule has 0 atom stereocenters. The van der Waals surface area contributed by atoms with Gasteiger partial charge >= 0.3 is 0 Å². The summed E-state index contributed by atoms with van der Waals surface area (Å²) in [6.07, 6.45) is 1.80. The van der Waals surface area contributed by atoms with Crippen molar-refractivity contribution < 1.29 is 13.2 Å². The van der Waals surface area contributed by atoms with Gasteiger partial charge < -0.3 is 10.2 Å². The quantitative estimate of drug-likeness (QED) is 0.685. The van der Waals surface area contributed by atoms with E-state index in [1.165, 1.54) is 10.6 Å². The van der Waals surface area contributed by atoms with E-state index in [2.05, 4.69) is 5.32 Å². The van der Waals surface area contributed by atoms with Gasteiger partial charge in [-0.3, -0.25) is 4.79 Å². The molecule has 2 saturated heterocycles. The summed E-state index contributed by atoms with van der Waals surface area (Å²) in [5.41, 5.74) is 0. The van der Waals surface area contributed by atoms with Crippen LogP contribution < -0.4 is 5.32 Å². The molecule has 0 aliphatic carbocycles. The minimum Gasteiger partial charge on any atom is -0.340 e. The predicted molar refractivity (Wildman–Crippen MR) is 64.0 cm³/mol. The molecule has 2 rings (SSSR count). The zero-order valence-electron chi connectivity index (χ0n) is 10.1. The van der Waals surface area contributed by atoms with Crippen molar-refractivity contribution in [1.29, 1.82) is 0 Å². The fourth-order valence-electron chi connectivity index (χ4n) is 2.14. The fraction of sp³-hybridized carbons (Fsp3) is 0.900. The summed E-state index contributed by atoms with van der Waals surface area (Å²) in [5, 5.41) is 3.14. The van der Waals surface area contributed by atoms with Gasteiger partial charge in [0.1, 0.15) is 0 Å². The number of piperazine rings is 1. The normalized spacial score (nSPS) is 23.5. The molecule has 6 nitrogen and oxygen atoms in total. The molecule has 7 heteroatoms. The Morgan fingerprint density at radius 1 is 1.24 bits per heavy atom. The number of rotatable bonds is 3. The number of sulfonamides is 1. The minimum absolute atomic E-state index is 0.157. The van der Waals surface area contributed by atoms with Crippen molar-refractivity contribution >= 4 is 15.9 Å². The molecule has 0 aromatic rings. The van der Waals surface area contributed by atoms with Crippen LogP contribution in [-0.2, 0) is 14.8 Å². The molecule has 2 aliphatic rings. The monoisotopic (exact) mass is 261 g/mol. The van der Waals surface area contributed by atoms with Gasteiger partial charge in [-0.15, -0.1) is 0 Å². The third-order valence-corrected chi connectivity index (χ3v) is 4.69. The Morgan fingerprint density at radius 2 is 1.82 bits per heavy atom. The maximum Gasteiger partial charge on any atom is 0.223 e. The van der Waals surface area contributed by atoms with Gasteiger partial charge in [-0.25, -0.2) is 8.42 Å². The molecule has 2 heterocycles. The van der Waals surface area contributed by atoms with Gasteiger partial charge in [0.05, 0.1) is 6.26 Å². The van der Waals surface area contributed by atoms with E-state index in [4.69, 9.17) is 0 Å². The second kappa shape index (κ2) is 4.91. The second-order valence-corrected chi connectivity index (χ2v) is 6.75. The highest BCUT2D eigenvalue weighted by Gasteiger charge is 2.28. The van der Waals surface area contributed by atoms with E-state index in [9.17, 15) is 13.2 Å². The summed E-state index contributed by atoms with van der Waals surface area (Å²) in [6, 6.07) is 0. The number of carbonyl (C=O) groups is 1. The zero-order valence-corrected chi connectivity index (χ0v) is 10.9. The van der Waals surface area contributed by atoms with Crippen LogP contribution in [0.25, 0.3) is 0 Å². The summed E-state index contributed by atoms with van der Waals surface area (Å²) >= 11 is 0. The maximum absolute atomic E-state index is 11.9. The molecule has 1 N–H and O–H groups in total. The lowest BCUT2D eigenvalue weighted by Gasteiger charge is -2.35. The Bertz CT molecular complexity index is 384. The van der Waals surface area contributed by atoms with Gasteiger partial charge in [-0.1, -0.05) is 0 Å². The van der Waals surface area contributed by atoms with Crippen LogP contribution in [0.2, 0.25) is 0 Å². The topological polar surface area (TPSA) is 69.7 Å².